The number of nitrogens with zero attached hydrogens (tertiary/aromatic N) is 2. The van der Waals surface area contributed by atoms with Gasteiger partial charge in [0.1, 0.15) is 10.0 Å². The highest BCUT2D eigenvalue weighted by atomic mass is 32.1. The summed E-state index contributed by atoms with van der Waals surface area (Å²) < 4.78 is 5.59. The van der Waals surface area contributed by atoms with Crippen molar-refractivity contribution in [2.45, 2.75) is 58.6 Å². The molecule has 1 N–H and O–H groups in total. The standard InChI is InChI=1S/C14H25N3OS/c1-4-18-12-7-11(8-12)9-14-17-16-13(19-14)5-6-15-10(2)3/h10-12,15H,4-9H2,1-3H3. The molecule has 0 aliphatic heterocycles. The van der Waals surface area contributed by atoms with Crippen LogP contribution in [0, 0.1) is 5.92 Å². The first kappa shape index (κ1) is 14.9. The summed E-state index contributed by atoms with van der Waals surface area (Å²) in [5.41, 5.74) is 0. The number of ether oxygens (including phenoxy) is 1. The summed E-state index contributed by atoms with van der Waals surface area (Å²) in [7, 11) is 0. The number of nitrogens with one attached hydrogen (secondary N) is 1. The Labute approximate surface area is 120 Å². The predicted molar refractivity (Wildman–Crippen MR) is 78.6 cm³/mol. The molecule has 2 rings (SSSR count). The van der Waals surface area contributed by atoms with E-state index in [0.29, 0.717) is 12.1 Å². The average molecular weight is 283 g/mol. The van der Waals surface area contributed by atoms with Gasteiger partial charge >= 0.3 is 0 Å². The van der Waals surface area contributed by atoms with Crippen LogP contribution in [0.4, 0.5) is 0 Å². The van der Waals surface area contributed by atoms with Crippen LogP contribution in [-0.2, 0) is 17.6 Å². The lowest BCUT2D eigenvalue weighted by molar-refractivity contribution is -0.0240. The lowest BCUT2D eigenvalue weighted by Gasteiger charge is -2.34. The molecule has 5 heteroatoms. The maximum Gasteiger partial charge on any atom is 0.118 e. The second kappa shape index (κ2) is 7.31. The zero-order chi connectivity index (χ0) is 13.7. The fraction of sp³-hybridized carbons (Fsp3) is 0.857. The molecule has 0 radical (unpaired) electrons. The minimum Gasteiger partial charge on any atom is -0.378 e. The normalized spacial score (nSPS) is 22.7. The van der Waals surface area contributed by atoms with Crippen molar-refractivity contribution < 1.29 is 4.74 Å². The van der Waals surface area contributed by atoms with Gasteiger partial charge in [0.2, 0.25) is 0 Å². The van der Waals surface area contributed by atoms with Crippen molar-refractivity contribution in [1.29, 1.82) is 0 Å². The van der Waals surface area contributed by atoms with Crippen molar-refractivity contribution in [2.75, 3.05) is 13.2 Å². The molecule has 0 bridgehead atoms. The SMILES string of the molecule is CCOC1CC(Cc2nnc(CCNC(C)C)s2)C1. The quantitative estimate of drug-likeness (QED) is 0.796. The van der Waals surface area contributed by atoms with Crippen molar-refractivity contribution in [3.8, 4) is 0 Å². The smallest absolute Gasteiger partial charge is 0.118 e. The summed E-state index contributed by atoms with van der Waals surface area (Å²) in [6.45, 7) is 8.22. The number of hydrogen-bond acceptors (Lipinski definition) is 5. The molecule has 0 amide bonds. The average Bonchev–Trinajstić information content (AvgIpc) is 2.74. The summed E-state index contributed by atoms with van der Waals surface area (Å²) >= 11 is 1.77. The summed E-state index contributed by atoms with van der Waals surface area (Å²) in [6, 6.07) is 0.540. The lowest BCUT2D eigenvalue weighted by atomic mass is 9.80. The van der Waals surface area contributed by atoms with E-state index in [2.05, 4.69) is 36.3 Å². The van der Waals surface area contributed by atoms with Crippen LogP contribution in [-0.4, -0.2) is 35.5 Å². The van der Waals surface area contributed by atoms with Crippen molar-refractivity contribution in [3.63, 3.8) is 0 Å². The monoisotopic (exact) mass is 283 g/mol. The second-order valence-corrected chi connectivity index (χ2v) is 6.71. The minimum atomic E-state index is 0.498. The first-order valence-electron chi connectivity index (χ1n) is 7.33. The van der Waals surface area contributed by atoms with Crippen LogP contribution in [0.5, 0.6) is 0 Å². The van der Waals surface area contributed by atoms with E-state index in [1.165, 1.54) is 17.8 Å². The molecule has 1 fully saturated rings. The summed E-state index contributed by atoms with van der Waals surface area (Å²) in [4.78, 5) is 0. The van der Waals surface area contributed by atoms with Crippen LogP contribution >= 0.6 is 11.3 Å². The second-order valence-electron chi connectivity index (χ2n) is 5.57. The van der Waals surface area contributed by atoms with E-state index in [1.807, 2.05) is 0 Å². The number of hydrogen-bond donors (Lipinski definition) is 1. The fourth-order valence-corrected chi connectivity index (χ4v) is 3.36. The molecule has 1 saturated carbocycles. The van der Waals surface area contributed by atoms with Gasteiger partial charge in [-0.3, -0.25) is 0 Å². The van der Waals surface area contributed by atoms with Gasteiger partial charge in [0, 0.05) is 32.0 Å². The van der Waals surface area contributed by atoms with E-state index < -0.39 is 0 Å². The van der Waals surface area contributed by atoms with E-state index in [4.69, 9.17) is 4.74 Å². The van der Waals surface area contributed by atoms with Crippen LogP contribution in [0.1, 0.15) is 43.6 Å². The van der Waals surface area contributed by atoms with Gasteiger partial charge in [-0.05, 0) is 25.7 Å². The first-order valence-corrected chi connectivity index (χ1v) is 8.15. The third kappa shape index (κ3) is 4.82. The largest absolute Gasteiger partial charge is 0.378 e. The van der Waals surface area contributed by atoms with Crippen LogP contribution < -0.4 is 5.32 Å². The van der Waals surface area contributed by atoms with Gasteiger partial charge in [0.25, 0.3) is 0 Å². The minimum absolute atomic E-state index is 0.498. The Morgan fingerprint density at radius 2 is 2.05 bits per heavy atom. The van der Waals surface area contributed by atoms with E-state index in [-0.39, 0.29) is 0 Å². The molecule has 0 atom stereocenters. The Hall–Kier alpha value is -0.520. The van der Waals surface area contributed by atoms with Crippen molar-refractivity contribution in [2.24, 2.45) is 5.92 Å². The molecule has 0 spiro atoms. The van der Waals surface area contributed by atoms with Gasteiger partial charge in [0.15, 0.2) is 0 Å². The first-order chi connectivity index (χ1) is 9.17. The van der Waals surface area contributed by atoms with Gasteiger partial charge in [-0.15, -0.1) is 21.5 Å². The summed E-state index contributed by atoms with van der Waals surface area (Å²) in [5.74, 6) is 0.756. The molecule has 1 heterocycles. The molecule has 1 aromatic heterocycles. The molecule has 1 aliphatic rings. The zero-order valence-electron chi connectivity index (χ0n) is 12.2. The van der Waals surface area contributed by atoms with Crippen molar-refractivity contribution >= 4 is 11.3 Å². The van der Waals surface area contributed by atoms with Crippen LogP contribution in [0.3, 0.4) is 0 Å². The molecule has 1 aliphatic carbocycles. The van der Waals surface area contributed by atoms with E-state index in [1.54, 1.807) is 11.3 Å². The Morgan fingerprint density at radius 1 is 1.32 bits per heavy atom. The molecule has 0 saturated heterocycles. The highest BCUT2D eigenvalue weighted by Crippen LogP contribution is 2.33. The van der Waals surface area contributed by atoms with Crippen molar-refractivity contribution in [1.82, 2.24) is 15.5 Å². The molecule has 108 valence electrons. The third-order valence-corrected chi connectivity index (χ3v) is 4.46. The fourth-order valence-electron chi connectivity index (χ4n) is 2.40. The summed E-state index contributed by atoms with van der Waals surface area (Å²) in [6.07, 6.45) is 4.95. The van der Waals surface area contributed by atoms with Gasteiger partial charge in [-0.1, -0.05) is 13.8 Å². The third-order valence-electron chi connectivity index (χ3n) is 3.46. The van der Waals surface area contributed by atoms with Gasteiger partial charge in [-0.2, -0.15) is 0 Å². The Morgan fingerprint density at radius 3 is 2.74 bits per heavy atom. The highest BCUT2D eigenvalue weighted by Gasteiger charge is 2.30. The van der Waals surface area contributed by atoms with E-state index >= 15 is 0 Å². The lowest BCUT2D eigenvalue weighted by Crippen LogP contribution is -2.32. The Bertz CT molecular complexity index is 375. The molecule has 1 aromatic rings. The molecule has 0 aromatic carbocycles. The maximum atomic E-state index is 5.59. The van der Waals surface area contributed by atoms with Crippen LogP contribution in [0.15, 0.2) is 0 Å². The summed E-state index contributed by atoms with van der Waals surface area (Å²) in [5, 5.41) is 14.3. The maximum absolute atomic E-state index is 5.59. The predicted octanol–water partition coefficient (Wildman–Crippen LogP) is 2.44. The zero-order valence-corrected chi connectivity index (χ0v) is 13.0. The highest BCUT2D eigenvalue weighted by molar-refractivity contribution is 7.11. The van der Waals surface area contributed by atoms with Crippen LogP contribution in [0.25, 0.3) is 0 Å². The molecular formula is C14H25N3OS. The van der Waals surface area contributed by atoms with Crippen LogP contribution in [0.2, 0.25) is 0 Å². The van der Waals surface area contributed by atoms with Gasteiger partial charge in [-0.25, -0.2) is 0 Å². The number of aromatic nitrogens is 2. The topological polar surface area (TPSA) is 47.0 Å². The van der Waals surface area contributed by atoms with Gasteiger partial charge < -0.3 is 10.1 Å². The van der Waals surface area contributed by atoms with E-state index in [0.717, 1.165) is 36.9 Å². The molecule has 4 nitrogen and oxygen atoms in total. The Balaban J connectivity index is 1.67. The number of rotatable bonds is 8. The van der Waals surface area contributed by atoms with Crippen molar-refractivity contribution in [3.05, 3.63) is 10.0 Å². The molecular weight excluding hydrogens is 258 g/mol. The Kier molecular flexibility index (Phi) is 5.73. The molecule has 19 heavy (non-hydrogen) atoms. The molecule has 0 unspecified atom stereocenters. The van der Waals surface area contributed by atoms with Gasteiger partial charge in [0.05, 0.1) is 6.10 Å². The van der Waals surface area contributed by atoms with E-state index in [9.17, 15) is 0 Å².